The highest BCUT2D eigenvalue weighted by atomic mass is 19.3. The van der Waals surface area contributed by atoms with Crippen molar-refractivity contribution in [1.82, 2.24) is 15.1 Å². The first-order valence-electron chi connectivity index (χ1n) is 8.74. The smallest absolute Gasteiger partial charge is 0.387 e. The molecule has 0 atom stereocenters. The Morgan fingerprint density at radius 2 is 1.97 bits per heavy atom. The van der Waals surface area contributed by atoms with Crippen molar-refractivity contribution in [2.24, 2.45) is 0 Å². The van der Waals surface area contributed by atoms with Crippen LogP contribution >= 0.6 is 0 Å². The van der Waals surface area contributed by atoms with Crippen LogP contribution in [0.25, 0.3) is 0 Å². The van der Waals surface area contributed by atoms with Crippen LogP contribution in [0.4, 0.5) is 25.0 Å². The number of carbonyl (C=O) groups is 1. The monoisotopic (exact) mass is 417 g/mol. The van der Waals surface area contributed by atoms with Crippen molar-refractivity contribution in [3.8, 4) is 5.75 Å². The summed E-state index contributed by atoms with van der Waals surface area (Å²) in [6.07, 6.45) is 3.47. The Bertz CT molecular complexity index is 1030. The maximum Gasteiger partial charge on any atom is 0.387 e. The van der Waals surface area contributed by atoms with Gasteiger partial charge in [-0.1, -0.05) is 24.3 Å². The molecule has 0 spiro atoms. The molecule has 0 radical (unpaired) electrons. The van der Waals surface area contributed by atoms with Gasteiger partial charge in [-0.25, -0.2) is 4.79 Å². The maximum atomic E-state index is 12.6. The quantitative estimate of drug-likeness (QED) is 0.428. The van der Waals surface area contributed by atoms with E-state index in [0.717, 1.165) is 29.3 Å². The maximum absolute atomic E-state index is 12.6. The summed E-state index contributed by atoms with van der Waals surface area (Å²) in [4.78, 5) is 22.5. The average Bonchev–Trinajstić information content (AvgIpc) is 3.21. The van der Waals surface area contributed by atoms with Crippen LogP contribution in [0.1, 0.15) is 11.1 Å². The highest BCUT2D eigenvalue weighted by Crippen LogP contribution is 2.30. The zero-order valence-electron chi connectivity index (χ0n) is 15.5. The Labute approximate surface area is 169 Å². The van der Waals surface area contributed by atoms with Crippen LogP contribution < -0.4 is 15.4 Å². The minimum absolute atomic E-state index is 0.142. The lowest BCUT2D eigenvalue weighted by atomic mass is 10.1. The number of anilines is 1. The van der Waals surface area contributed by atoms with Gasteiger partial charge in [-0.05, 0) is 23.3 Å². The van der Waals surface area contributed by atoms with Gasteiger partial charge in [0.25, 0.3) is 5.69 Å². The first kappa shape index (κ1) is 20.7. The molecule has 2 N–H and O–H groups in total. The van der Waals surface area contributed by atoms with Crippen molar-refractivity contribution in [2.75, 3.05) is 5.32 Å². The third-order valence-electron chi connectivity index (χ3n) is 4.09. The first-order chi connectivity index (χ1) is 14.4. The average molecular weight is 417 g/mol. The second-order valence-electron chi connectivity index (χ2n) is 6.10. The Morgan fingerprint density at radius 1 is 1.20 bits per heavy atom. The van der Waals surface area contributed by atoms with Gasteiger partial charge in [0.15, 0.2) is 0 Å². The van der Waals surface area contributed by atoms with Gasteiger partial charge in [-0.2, -0.15) is 13.9 Å². The Hall–Kier alpha value is -4.02. The zero-order valence-corrected chi connectivity index (χ0v) is 15.5. The number of carbonyl (C=O) groups excluding carboxylic acids is 1. The summed E-state index contributed by atoms with van der Waals surface area (Å²) >= 11 is 0. The molecule has 0 saturated heterocycles. The number of rotatable bonds is 8. The van der Waals surface area contributed by atoms with Crippen LogP contribution in [0.3, 0.4) is 0 Å². The molecule has 0 saturated carbocycles. The molecule has 2 aromatic carbocycles. The molecule has 0 unspecified atom stereocenters. The van der Waals surface area contributed by atoms with E-state index in [1.807, 2.05) is 30.5 Å². The van der Waals surface area contributed by atoms with Crippen molar-refractivity contribution in [2.45, 2.75) is 19.7 Å². The predicted octanol–water partition coefficient (Wildman–Crippen LogP) is 3.76. The number of alkyl halides is 2. The molecule has 0 fully saturated rings. The number of hydrogen-bond donors (Lipinski definition) is 2. The largest absolute Gasteiger partial charge is 0.433 e. The number of urea groups is 1. The second kappa shape index (κ2) is 9.45. The number of benzene rings is 2. The van der Waals surface area contributed by atoms with Crippen LogP contribution in [0.5, 0.6) is 5.75 Å². The third-order valence-corrected chi connectivity index (χ3v) is 4.09. The first-order valence-corrected chi connectivity index (χ1v) is 8.74. The second-order valence-corrected chi connectivity index (χ2v) is 6.10. The normalized spacial score (nSPS) is 10.6. The topological polar surface area (TPSA) is 111 Å². The third kappa shape index (κ3) is 5.50. The fourth-order valence-electron chi connectivity index (χ4n) is 2.72. The summed E-state index contributed by atoms with van der Waals surface area (Å²) in [5.74, 6) is -0.384. The molecule has 3 rings (SSSR count). The number of halogens is 2. The van der Waals surface area contributed by atoms with Crippen molar-refractivity contribution < 1.29 is 23.2 Å². The minimum atomic E-state index is -3.15. The molecule has 1 heterocycles. The summed E-state index contributed by atoms with van der Waals surface area (Å²) < 4.78 is 31.2. The van der Waals surface area contributed by atoms with Gasteiger partial charge < -0.3 is 15.4 Å². The molecule has 0 aliphatic rings. The molecule has 30 heavy (non-hydrogen) atoms. The highest BCUT2D eigenvalue weighted by Gasteiger charge is 2.17. The SMILES string of the molecule is O=C(NCc1ccccc1Cn1cccn1)Nc1cc([N+](=O)[O-])ccc1OC(F)F. The standard InChI is InChI=1S/C19H17F2N5O4/c20-18(21)30-17-7-6-15(26(28)29)10-16(17)24-19(27)22-11-13-4-1-2-5-14(13)12-25-9-3-8-23-25/h1-10,18H,11-12H2,(H2,22,24,27). The van der Waals surface area contributed by atoms with E-state index in [9.17, 15) is 23.7 Å². The lowest BCUT2D eigenvalue weighted by Gasteiger charge is -2.14. The zero-order chi connectivity index (χ0) is 21.5. The predicted molar refractivity (Wildman–Crippen MR) is 103 cm³/mol. The van der Waals surface area contributed by atoms with E-state index < -0.39 is 17.6 Å². The lowest BCUT2D eigenvalue weighted by molar-refractivity contribution is -0.384. The Morgan fingerprint density at radius 3 is 2.63 bits per heavy atom. The summed E-state index contributed by atoms with van der Waals surface area (Å²) in [7, 11) is 0. The molecule has 9 nitrogen and oxygen atoms in total. The fraction of sp³-hybridized carbons (Fsp3) is 0.158. The number of aromatic nitrogens is 2. The van der Waals surface area contributed by atoms with Crippen molar-refractivity contribution in [3.63, 3.8) is 0 Å². The van der Waals surface area contributed by atoms with Crippen LogP contribution in [-0.2, 0) is 13.1 Å². The van der Waals surface area contributed by atoms with E-state index >= 15 is 0 Å². The minimum Gasteiger partial charge on any atom is -0.433 e. The molecule has 156 valence electrons. The lowest BCUT2D eigenvalue weighted by Crippen LogP contribution is -2.29. The number of nitrogens with one attached hydrogen (secondary N) is 2. The van der Waals surface area contributed by atoms with Crippen LogP contribution in [0, 0.1) is 10.1 Å². The Kier molecular flexibility index (Phi) is 6.53. The van der Waals surface area contributed by atoms with E-state index in [2.05, 4.69) is 20.5 Å². The number of hydrogen-bond acceptors (Lipinski definition) is 5. The summed E-state index contributed by atoms with van der Waals surface area (Å²) in [6, 6.07) is 11.4. The number of nitro benzene ring substituents is 1. The number of nitro groups is 1. The van der Waals surface area contributed by atoms with E-state index in [0.29, 0.717) is 6.54 Å². The molecule has 1 aromatic heterocycles. The molecular weight excluding hydrogens is 400 g/mol. The van der Waals surface area contributed by atoms with Crippen molar-refractivity contribution in [1.29, 1.82) is 0 Å². The fourth-order valence-corrected chi connectivity index (χ4v) is 2.72. The van der Waals surface area contributed by atoms with Crippen molar-refractivity contribution in [3.05, 3.63) is 82.2 Å². The summed E-state index contributed by atoms with van der Waals surface area (Å²) in [5, 5.41) is 20.0. The van der Waals surface area contributed by atoms with Gasteiger partial charge in [0.05, 0.1) is 17.2 Å². The van der Waals surface area contributed by atoms with E-state index in [1.165, 1.54) is 0 Å². The summed E-state index contributed by atoms with van der Waals surface area (Å²) in [5.41, 5.74) is 1.13. The van der Waals surface area contributed by atoms with Gasteiger partial charge >= 0.3 is 12.6 Å². The van der Waals surface area contributed by atoms with Gasteiger partial charge in [0.2, 0.25) is 0 Å². The number of nitrogens with zero attached hydrogens (tertiary/aromatic N) is 3. The molecule has 0 aliphatic carbocycles. The van der Waals surface area contributed by atoms with Gasteiger partial charge in [-0.3, -0.25) is 14.8 Å². The van der Waals surface area contributed by atoms with Gasteiger partial charge in [-0.15, -0.1) is 0 Å². The van der Waals surface area contributed by atoms with Crippen LogP contribution in [0.2, 0.25) is 0 Å². The van der Waals surface area contributed by atoms with E-state index in [4.69, 9.17) is 0 Å². The highest BCUT2D eigenvalue weighted by molar-refractivity contribution is 5.91. The molecule has 2 amide bonds. The summed E-state index contributed by atoms with van der Waals surface area (Å²) in [6.45, 7) is -2.50. The van der Waals surface area contributed by atoms with E-state index in [1.54, 1.807) is 16.9 Å². The van der Waals surface area contributed by atoms with Crippen LogP contribution in [0.15, 0.2) is 60.9 Å². The Balaban J connectivity index is 1.69. The molecule has 3 aromatic rings. The molecule has 11 heteroatoms. The van der Waals surface area contributed by atoms with Gasteiger partial charge in [0.1, 0.15) is 5.75 Å². The van der Waals surface area contributed by atoms with Crippen molar-refractivity contribution >= 4 is 17.4 Å². The molecular formula is C19H17F2N5O4. The van der Waals surface area contributed by atoms with Crippen LogP contribution in [-0.4, -0.2) is 27.3 Å². The number of ether oxygens (including phenoxy) is 1. The molecule has 0 aliphatic heterocycles. The molecule has 0 bridgehead atoms. The van der Waals surface area contributed by atoms with E-state index in [-0.39, 0.29) is 23.7 Å². The number of non-ortho nitro benzene ring substituents is 1. The number of amides is 2. The van der Waals surface area contributed by atoms with Gasteiger partial charge in [0, 0.05) is 31.1 Å².